The number of hydrazine groups is 1. The number of thiocarbonyl (C=S) groups is 1. The van der Waals surface area contributed by atoms with Crippen LogP contribution in [0.5, 0.6) is 0 Å². The molecule has 2 aromatic rings. The van der Waals surface area contributed by atoms with Crippen molar-refractivity contribution in [3.63, 3.8) is 0 Å². The minimum Gasteiger partial charge on any atom is -0.380 e. The van der Waals surface area contributed by atoms with E-state index in [1.807, 2.05) is 43.3 Å². The van der Waals surface area contributed by atoms with Crippen LogP contribution >= 0.6 is 12.2 Å². The van der Waals surface area contributed by atoms with Crippen LogP contribution in [0.25, 0.3) is 0 Å². The summed E-state index contributed by atoms with van der Waals surface area (Å²) in [5, 5.41) is 14.5. The predicted molar refractivity (Wildman–Crippen MR) is 98.1 cm³/mol. The molecule has 0 spiro atoms. The first-order valence-corrected chi connectivity index (χ1v) is 8.13. The summed E-state index contributed by atoms with van der Waals surface area (Å²) in [7, 11) is 0. The molecule has 5 nitrogen and oxygen atoms in total. The summed E-state index contributed by atoms with van der Waals surface area (Å²) >= 11 is 5.00. The number of aliphatic hydroxyl groups is 1. The maximum Gasteiger partial charge on any atom is 0.241 e. The molecule has 0 aliphatic carbocycles. The van der Waals surface area contributed by atoms with Crippen molar-refractivity contribution < 1.29 is 9.90 Å². The van der Waals surface area contributed by atoms with Gasteiger partial charge in [-0.05, 0) is 30.3 Å². The van der Waals surface area contributed by atoms with Crippen LogP contribution in [-0.2, 0) is 10.4 Å². The number of amides is 1. The second-order valence-corrected chi connectivity index (χ2v) is 5.71. The lowest BCUT2D eigenvalue weighted by molar-refractivity contribution is -0.125. The zero-order chi connectivity index (χ0) is 17.4. The topological polar surface area (TPSA) is 73.4 Å². The maximum absolute atomic E-state index is 12.3. The number of carbonyl (C=O) groups excluding carboxylic acids is 1. The van der Waals surface area contributed by atoms with E-state index in [-0.39, 0.29) is 12.3 Å². The van der Waals surface area contributed by atoms with E-state index in [1.54, 1.807) is 24.3 Å². The minimum atomic E-state index is -1.42. The molecule has 2 aromatic carbocycles. The van der Waals surface area contributed by atoms with Gasteiger partial charge in [-0.1, -0.05) is 60.7 Å². The molecule has 0 atom stereocenters. The van der Waals surface area contributed by atoms with Gasteiger partial charge >= 0.3 is 0 Å². The lowest BCUT2D eigenvalue weighted by Gasteiger charge is -2.29. The van der Waals surface area contributed by atoms with E-state index in [1.165, 1.54) is 0 Å². The minimum absolute atomic E-state index is 0.136. The fraction of sp³-hybridized carbons (Fsp3) is 0.222. The van der Waals surface area contributed by atoms with Crippen LogP contribution in [0.4, 0.5) is 0 Å². The molecule has 24 heavy (non-hydrogen) atoms. The summed E-state index contributed by atoms with van der Waals surface area (Å²) < 4.78 is 0. The quantitative estimate of drug-likeness (QED) is 0.492. The van der Waals surface area contributed by atoms with Gasteiger partial charge in [0.25, 0.3) is 0 Å². The van der Waals surface area contributed by atoms with Crippen molar-refractivity contribution in [2.45, 2.75) is 18.9 Å². The Kier molecular flexibility index (Phi) is 6.28. The molecule has 4 N–H and O–H groups in total. The van der Waals surface area contributed by atoms with Gasteiger partial charge in [0, 0.05) is 6.54 Å². The van der Waals surface area contributed by atoms with Gasteiger partial charge in [-0.3, -0.25) is 15.6 Å². The van der Waals surface area contributed by atoms with E-state index in [0.717, 1.165) is 0 Å². The Morgan fingerprint density at radius 1 is 1.00 bits per heavy atom. The van der Waals surface area contributed by atoms with Crippen molar-refractivity contribution in [3.8, 4) is 0 Å². The molecule has 0 heterocycles. The van der Waals surface area contributed by atoms with Gasteiger partial charge < -0.3 is 10.4 Å². The van der Waals surface area contributed by atoms with Crippen molar-refractivity contribution in [1.29, 1.82) is 0 Å². The second kappa shape index (κ2) is 8.42. The molecule has 2 rings (SSSR count). The van der Waals surface area contributed by atoms with Gasteiger partial charge in [0.1, 0.15) is 5.60 Å². The fourth-order valence-corrected chi connectivity index (χ4v) is 2.60. The molecule has 0 radical (unpaired) electrons. The summed E-state index contributed by atoms with van der Waals surface area (Å²) in [5.41, 5.74) is 5.01. The molecule has 0 bridgehead atoms. The molecule has 126 valence electrons. The average Bonchev–Trinajstić information content (AvgIpc) is 2.62. The number of nitrogens with one attached hydrogen (secondary N) is 3. The predicted octanol–water partition coefficient (Wildman–Crippen LogP) is 1.83. The zero-order valence-electron chi connectivity index (χ0n) is 13.5. The number of hydrogen-bond donors (Lipinski definition) is 4. The van der Waals surface area contributed by atoms with E-state index in [4.69, 9.17) is 12.2 Å². The van der Waals surface area contributed by atoms with E-state index >= 15 is 0 Å². The van der Waals surface area contributed by atoms with E-state index in [9.17, 15) is 9.90 Å². The largest absolute Gasteiger partial charge is 0.380 e. The summed E-state index contributed by atoms with van der Waals surface area (Å²) in [6.45, 7) is 2.55. The highest BCUT2D eigenvalue weighted by atomic mass is 32.1. The number of carbonyl (C=O) groups is 1. The Bertz CT molecular complexity index is 638. The van der Waals surface area contributed by atoms with E-state index in [2.05, 4.69) is 16.2 Å². The first-order chi connectivity index (χ1) is 11.6. The molecule has 0 saturated heterocycles. The summed E-state index contributed by atoms with van der Waals surface area (Å²) in [6, 6.07) is 18.3. The lowest BCUT2D eigenvalue weighted by atomic mass is 9.83. The summed E-state index contributed by atoms with van der Waals surface area (Å²) in [5.74, 6) is -0.370. The molecule has 0 fully saturated rings. The van der Waals surface area contributed by atoms with Crippen molar-refractivity contribution in [3.05, 3.63) is 71.8 Å². The third kappa shape index (κ3) is 4.53. The summed E-state index contributed by atoms with van der Waals surface area (Å²) in [6.07, 6.45) is -0.136. The molecule has 0 unspecified atom stereocenters. The number of hydrogen-bond acceptors (Lipinski definition) is 3. The summed E-state index contributed by atoms with van der Waals surface area (Å²) in [4.78, 5) is 12.3. The molecule has 6 heteroatoms. The van der Waals surface area contributed by atoms with Gasteiger partial charge in [0.15, 0.2) is 5.11 Å². The van der Waals surface area contributed by atoms with E-state index < -0.39 is 5.60 Å². The monoisotopic (exact) mass is 343 g/mol. The van der Waals surface area contributed by atoms with Crippen molar-refractivity contribution in [2.24, 2.45) is 0 Å². The average molecular weight is 343 g/mol. The number of rotatable bonds is 5. The Hall–Kier alpha value is -2.44. The first-order valence-electron chi connectivity index (χ1n) is 7.72. The highest BCUT2D eigenvalue weighted by Gasteiger charge is 2.34. The van der Waals surface area contributed by atoms with Crippen LogP contribution in [0.1, 0.15) is 24.5 Å². The molecule has 0 aliphatic heterocycles. The first kappa shape index (κ1) is 17.9. The Balaban J connectivity index is 2.19. The highest BCUT2D eigenvalue weighted by Crippen LogP contribution is 2.32. The standard InChI is InChI=1S/C18H21N3O2S/c1-2-19-17(24)21-20-16(22)13-18(23,14-9-5-3-6-10-14)15-11-7-4-8-12-15/h3-12,23H,2,13H2,1H3,(H,20,22)(H2,19,21,24). The van der Waals surface area contributed by atoms with Crippen molar-refractivity contribution in [2.75, 3.05) is 6.54 Å². The lowest BCUT2D eigenvalue weighted by Crippen LogP contribution is -2.48. The molecular formula is C18H21N3O2S. The molecular weight excluding hydrogens is 322 g/mol. The van der Waals surface area contributed by atoms with Crippen LogP contribution in [0.15, 0.2) is 60.7 Å². The van der Waals surface area contributed by atoms with Gasteiger partial charge in [-0.25, -0.2) is 0 Å². The third-order valence-corrected chi connectivity index (χ3v) is 3.82. The van der Waals surface area contributed by atoms with E-state index in [0.29, 0.717) is 22.8 Å². The maximum atomic E-state index is 12.3. The SMILES string of the molecule is CCNC(=S)NNC(=O)CC(O)(c1ccccc1)c1ccccc1. The molecule has 0 aromatic heterocycles. The van der Waals surface area contributed by atoms with Crippen LogP contribution in [0.2, 0.25) is 0 Å². The van der Waals surface area contributed by atoms with Crippen LogP contribution < -0.4 is 16.2 Å². The second-order valence-electron chi connectivity index (χ2n) is 5.30. The Labute approximate surface area is 147 Å². The van der Waals surface area contributed by atoms with Gasteiger partial charge in [0.05, 0.1) is 6.42 Å². The van der Waals surface area contributed by atoms with Crippen LogP contribution in [0, 0.1) is 0 Å². The van der Waals surface area contributed by atoms with Crippen molar-refractivity contribution in [1.82, 2.24) is 16.2 Å². The van der Waals surface area contributed by atoms with Gasteiger partial charge in [-0.15, -0.1) is 0 Å². The molecule has 1 amide bonds. The normalized spacial score (nSPS) is 10.8. The Morgan fingerprint density at radius 2 is 1.50 bits per heavy atom. The zero-order valence-corrected chi connectivity index (χ0v) is 14.3. The highest BCUT2D eigenvalue weighted by molar-refractivity contribution is 7.80. The molecule has 0 saturated carbocycles. The van der Waals surface area contributed by atoms with Crippen LogP contribution in [0.3, 0.4) is 0 Å². The van der Waals surface area contributed by atoms with Gasteiger partial charge in [-0.2, -0.15) is 0 Å². The fourth-order valence-electron chi connectivity index (χ4n) is 2.41. The smallest absolute Gasteiger partial charge is 0.241 e. The third-order valence-electron chi connectivity index (χ3n) is 3.57. The van der Waals surface area contributed by atoms with Crippen molar-refractivity contribution >= 4 is 23.2 Å². The van der Waals surface area contributed by atoms with Crippen LogP contribution in [-0.4, -0.2) is 22.7 Å². The Morgan fingerprint density at radius 3 is 1.96 bits per heavy atom. The number of benzene rings is 2. The molecule has 0 aliphatic rings. The van der Waals surface area contributed by atoms with Gasteiger partial charge in [0.2, 0.25) is 5.91 Å².